The monoisotopic (exact) mass is 1350 g/mol. The van der Waals surface area contributed by atoms with Crippen LogP contribution >= 0.6 is 0 Å². The number of nitrogens with zero attached hydrogens (tertiary/aromatic N) is 12. The molecule has 0 aliphatic carbocycles. The fourth-order valence-corrected chi connectivity index (χ4v) is 14.6. The lowest BCUT2D eigenvalue weighted by Gasteiger charge is -2.13. The van der Waals surface area contributed by atoms with E-state index in [1.807, 2.05) is 115 Å². The highest BCUT2D eigenvalue weighted by atomic mass is 15.5. The van der Waals surface area contributed by atoms with Crippen LogP contribution in [0.4, 0.5) is 0 Å². The molecule has 494 valence electrons. The van der Waals surface area contributed by atoms with Crippen molar-refractivity contribution in [1.82, 2.24) is 59.9 Å². The molecule has 12 nitrogen and oxygen atoms in total. The average Bonchev–Trinajstić information content (AvgIpc) is 1.45. The number of para-hydroxylation sites is 2. The summed E-state index contributed by atoms with van der Waals surface area (Å²) in [7, 11) is 0. The second kappa shape index (κ2) is 25.8. The molecule has 0 aliphatic heterocycles. The van der Waals surface area contributed by atoms with E-state index < -0.39 is 0 Å². The lowest BCUT2D eigenvalue weighted by molar-refractivity contribution is 0.766. The number of rotatable bonds is 13. The van der Waals surface area contributed by atoms with Crippen LogP contribution in [-0.4, -0.2) is 59.9 Å². The van der Waals surface area contributed by atoms with Crippen molar-refractivity contribution >= 4 is 65.2 Å². The van der Waals surface area contributed by atoms with Gasteiger partial charge < -0.3 is 0 Å². The summed E-state index contributed by atoms with van der Waals surface area (Å²) >= 11 is 0. The van der Waals surface area contributed by atoms with Gasteiger partial charge in [-0.05, 0) is 155 Å². The summed E-state index contributed by atoms with van der Waals surface area (Å²) in [6.45, 7) is 0. The van der Waals surface area contributed by atoms with E-state index in [1.54, 1.807) is 9.59 Å². The van der Waals surface area contributed by atoms with Crippen molar-refractivity contribution < 1.29 is 0 Å². The molecule has 0 aliphatic rings. The number of hydrogen-bond acceptors (Lipinski definition) is 10. The summed E-state index contributed by atoms with van der Waals surface area (Å²) in [6, 6.07) is 122. The molecule has 106 heavy (non-hydrogen) atoms. The van der Waals surface area contributed by atoms with Gasteiger partial charge in [0, 0.05) is 49.7 Å². The van der Waals surface area contributed by atoms with Gasteiger partial charge in [-0.25, -0.2) is 29.9 Å². The predicted molar refractivity (Wildman–Crippen MR) is 428 cm³/mol. The lowest BCUT2D eigenvalue weighted by Crippen LogP contribution is -2.00. The minimum Gasteiger partial charge on any atom is -0.208 e. The quantitative estimate of drug-likeness (QED) is 0.103. The predicted octanol–water partition coefficient (Wildman–Crippen LogP) is 22.5. The SMILES string of the molecule is c1ccc(-c2ccc(-c3nc(-c4ccc(-c5cccc(-c6cc7ccc8ccc(-c9nc(-c%10ccccc%10)nc(-c%10cc(-c%11ccccc%11)cc(-c%11ccccc%11)c%10)n9)cc8c7c7nn(-c8ccccc8)nc67)c5)cc4)nc(-c4ccc5ccc6ccc7nn(-c8ccccc8)nc7c6c5c4)n3)cc2)cc1. The third kappa shape index (κ3) is 11.3. The van der Waals surface area contributed by atoms with Gasteiger partial charge in [0.15, 0.2) is 34.9 Å². The first kappa shape index (κ1) is 61.3. The number of fused-ring (bicyclic) bond motifs is 10. The smallest absolute Gasteiger partial charge is 0.164 e. The van der Waals surface area contributed by atoms with Crippen molar-refractivity contribution in [3.8, 4) is 135 Å². The van der Waals surface area contributed by atoms with E-state index in [-0.39, 0.29) is 0 Å². The van der Waals surface area contributed by atoms with Crippen LogP contribution < -0.4 is 0 Å². The van der Waals surface area contributed by atoms with Crippen molar-refractivity contribution in [2.45, 2.75) is 0 Å². The van der Waals surface area contributed by atoms with Crippen molar-refractivity contribution in [3.63, 3.8) is 0 Å². The Balaban J connectivity index is 0.686. The molecule has 4 aromatic heterocycles. The Bertz CT molecular complexity index is 6720. The molecular weight excluding hydrogens is 1300 g/mol. The van der Waals surface area contributed by atoms with E-state index in [0.29, 0.717) is 34.9 Å². The zero-order chi connectivity index (χ0) is 70.0. The molecule has 0 saturated carbocycles. The normalized spacial score (nSPS) is 11.6. The Labute approximate surface area is 608 Å². The summed E-state index contributed by atoms with van der Waals surface area (Å²) in [5.74, 6) is 3.37. The van der Waals surface area contributed by atoms with Crippen molar-refractivity contribution in [1.29, 1.82) is 0 Å². The Morgan fingerprint density at radius 1 is 0.179 bits per heavy atom. The van der Waals surface area contributed by atoms with E-state index in [9.17, 15) is 0 Å². The highest BCUT2D eigenvalue weighted by Crippen LogP contribution is 2.42. The van der Waals surface area contributed by atoms with E-state index in [1.165, 1.54) is 0 Å². The van der Waals surface area contributed by atoms with Crippen LogP contribution in [0.15, 0.2) is 352 Å². The Kier molecular flexibility index (Phi) is 14.9. The average molecular weight is 1360 g/mol. The molecule has 0 spiro atoms. The molecule has 0 saturated heterocycles. The van der Waals surface area contributed by atoms with Gasteiger partial charge in [0.05, 0.1) is 11.4 Å². The molecular formula is C94H58N12. The minimum atomic E-state index is 0.552. The second-order valence-corrected chi connectivity index (χ2v) is 26.5. The first-order chi connectivity index (χ1) is 52.4. The third-order valence-corrected chi connectivity index (χ3v) is 19.9. The molecule has 12 heteroatoms. The molecule has 0 unspecified atom stereocenters. The largest absolute Gasteiger partial charge is 0.208 e. The fraction of sp³-hybridized carbons (Fsp3) is 0. The Morgan fingerprint density at radius 3 is 1.03 bits per heavy atom. The number of benzene rings is 16. The van der Waals surface area contributed by atoms with Crippen molar-refractivity contribution in [3.05, 3.63) is 352 Å². The van der Waals surface area contributed by atoms with Gasteiger partial charge >= 0.3 is 0 Å². The number of aromatic nitrogens is 12. The maximum absolute atomic E-state index is 5.40. The summed E-state index contributed by atoms with van der Waals surface area (Å²) < 4.78 is 0. The molecule has 0 amide bonds. The molecule has 0 bridgehead atoms. The zero-order valence-corrected chi connectivity index (χ0v) is 56.9. The lowest BCUT2D eigenvalue weighted by atomic mass is 9.93. The summed E-state index contributed by atoms with van der Waals surface area (Å²) in [5.41, 5.74) is 20.7. The topological polar surface area (TPSA) is 139 Å². The minimum absolute atomic E-state index is 0.552. The summed E-state index contributed by atoms with van der Waals surface area (Å²) in [6.07, 6.45) is 0. The molecule has 20 aromatic rings. The van der Waals surface area contributed by atoms with Gasteiger partial charge in [0.2, 0.25) is 0 Å². The van der Waals surface area contributed by atoms with Crippen LogP contribution in [-0.2, 0) is 0 Å². The van der Waals surface area contributed by atoms with E-state index in [2.05, 4.69) is 237 Å². The van der Waals surface area contributed by atoms with E-state index in [0.717, 1.165) is 166 Å². The first-order valence-electron chi connectivity index (χ1n) is 35.3. The van der Waals surface area contributed by atoms with Crippen LogP contribution in [0, 0.1) is 0 Å². The van der Waals surface area contributed by atoms with Gasteiger partial charge in [0.1, 0.15) is 22.1 Å². The van der Waals surface area contributed by atoms with E-state index in [4.69, 9.17) is 50.3 Å². The molecule has 4 heterocycles. The summed E-state index contributed by atoms with van der Waals surface area (Å²) in [5, 5.41) is 29.0. The second-order valence-electron chi connectivity index (χ2n) is 26.5. The van der Waals surface area contributed by atoms with Crippen molar-refractivity contribution in [2.75, 3.05) is 0 Å². The third-order valence-electron chi connectivity index (χ3n) is 19.9. The molecule has 0 fully saturated rings. The van der Waals surface area contributed by atoms with Gasteiger partial charge in [-0.15, -0.1) is 20.4 Å². The highest BCUT2D eigenvalue weighted by Gasteiger charge is 2.23. The van der Waals surface area contributed by atoms with Gasteiger partial charge in [-0.3, -0.25) is 0 Å². The molecule has 20 rings (SSSR count). The molecule has 0 atom stereocenters. The van der Waals surface area contributed by atoms with Crippen molar-refractivity contribution in [2.24, 2.45) is 0 Å². The van der Waals surface area contributed by atoms with Crippen LogP contribution in [0.25, 0.3) is 200 Å². The fourth-order valence-electron chi connectivity index (χ4n) is 14.6. The van der Waals surface area contributed by atoms with Gasteiger partial charge in [-0.2, -0.15) is 9.59 Å². The maximum Gasteiger partial charge on any atom is 0.164 e. The Hall–Kier alpha value is -14.6. The van der Waals surface area contributed by atoms with Crippen LogP contribution in [0.5, 0.6) is 0 Å². The van der Waals surface area contributed by atoms with Gasteiger partial charge in [0.25, 0.3) is 0 Å². The molecule has 0 N–H and O–H groups in total. The van der Waals surface area contributed by atoms with Crippen LogP contribution in [0.1, 0.15) is 0 Å². The standard InChI is InChI=1S/C94H58N12/c1-7-20-59(21-8-1)62-34-43-68(44-35-62)90-95-91(98-92(97-90)73-48-40-64-38-42-66-50-51-83-87(84(66)80(64)57-73)103-105(101-83)78-30-15-5-16-31-78)69-45-36-63(37-46-69)70-28-19-29-71(52-70)82-56-72-47-39-65-41-49-74(58-81(65)85(72)88-86(82)102-106(104-88)79-32-17-6-18-33-79)93-96-89(67-26-13-4-14-27-67)99-94(100-93)77-54-75(60-22-9-2-10-23-60)53-76(55-77)61-24-11-3-12-25-61/h1-58H. The van der Waals surface area contributed by atoms with Crippen LogP contribution in [0.2, 0.25) is 0 Å². The van der Waals surface area contributed by atoms with Gasteiger partial charge in [-0.1, -0.05) is 279 Å². The Morgan fingerprint density at radius 2 is 0.500 bits per heavy atom. The first-order valence-corrected chi connectivity index (χ1v) is 35.3. The zero-order valence-electron chi connectivity index (χ0n) is 56.9. The maximum atomic E-state index is 5.40. The number of hydrogen-bond donors (Lipinski definition) is 0. The van der Waals surface area contributed by atoms with E-state index >= 15 is 0 Å². The molecule has 16 aromatic carbocycles. The highest BCUT2D eigenvalue weighted by molar-refractivity contribution is 6.22. The van der Waals surface area contributed by atoms with Crippen LogP contribution in [0.3, 0.4) is 0 Å². The summed E-state index contributed by atoms with van der Waals surface area (Å²) in [4.78, 5) is 35.2. The molecule has 0 radical (unpaired) electrons.